The Morgan fingerprint density at radius 1 is 1.17 bits per heavy atom. The van der Waals surface area contributed by atoms with Crippen LogP contribution in [-0.4, -0.2) is 38.9 Å². The molecule has 0 radical (unpaired) electrons. The molecule has 1 amide bonds. The Kier molecular flexibility index (Phi) is 6.28. The number of benzene rings is 1. The maximum Gasteiger partial charge on any atom is 0.230 e. The van der Waals surface area contributed by atoms with E-state index >= 15 is 0 Å². The van der Waals surface area contributed by atoms with Crippen molar-refractivity contribution >= 4 is 5.91 Å². The third-order valence-corrected chi connectivity index (χ3v) is 4.22. The molecular weight excluding hydrogens is 294 g/mol. The van der Waals surface area contributed by atoms with E-state index in [0.717, 1.165) is 29.9 Å². The minimum absolute atomic E-state index is 0.0993. The maximum atomic E-state index is 12.2. The average molecular weight is 321 g/mol. The van der Waals surface area contributed by atoms with Crippen molar-refractivity contribution in [3.8, 4) is 11.5 Å². The quantitative estimate of drug-likeness (QED) is 0.759. The van der Waals surface area contributed by atoms with Crippen molar-refractivity contribution in [1.29, 1.82) is 0 Å². The fraction of sp³-hybridized carbons (Fsp3) is 0.611. The highest BCUT2D eigenvalue weighted by molar-refractivity contribution is 5.83. The summed E-state index contributed by atoms with van der Waals surface area (Å²) in [6, 6.07) is 5.93. The van der Waals surface area contributed by atoms with Gasteiger partial charge >= 0.3 is 0 Å². The zero-order chi connectivity index (χ0) is 16.7. The summed E-state index contributed by atoms with van der Waals surface area (Å²) in [7, 11) is 0. The van der Waals surface area contributed by atoms with Crippen molar-refractivity contribution in [3.05, 3.63) is 23.8 Å². The molecule has 1 fully saturated rings. The molecule has 1 aromatic carbocycles. The predicted molar refractivity (Wildman–Crippen MR) is 89.0 cm³/mol. The minimum Gasteiger partial charge on any atom is -0.490 e. The summed E-state index contributed by atoms with van der Waals surface area (Å²) in [5.41, 5.74) is 0.808. The number of carbonyl (C=O) groups excluding carboxylic acids is 1. The van der Waals surface area contributed by atoms with Crippen LogP contribution in [0.4, 0.5) is 0 Å². The molecule has 23 heavy (non-hydrogen) atoms. The number of ether oxygens (including phenoxy) is 3. The van der Waals surface area contributed by atoms with E-state index in [1.807, 2.05) is 39.0 Å². The molecule has 0 bridgehead atoms. The standard InChI is InChI=1S/C18H27NO4/c1-4-18(12-21-13-18)17(20)19-10-9-14-7-8-15(22-5-2)16(11-14)23-6-3/h7-8,11H,4-6,9-10,12-13H2,1-3H3,(H,19,20). The fourth-order valence-electron chi connectivity index (χ4n) is 2.60. The van der Waals surface area contributed by atoms with Gasteiger partial charge < -0.3 is 19.5 Å². The van der Waals surface area contributed by atoms with Crippen molar-refractivity contribution in [3.63, 3.8) is 0 Å². The van der Waals surface area contributed by atoms with Crippen LogP contribution in [0.1, 0.15) is 32.8 Å². The Balaban J connectivity index is 1.90. The van der Waals surface area contributed by atoms with Gasteiger partial charge in [0, 0.05) is 6.54 Å². The number of hydrogen-bond acceptors (Lipinski definition) is 4. The van der Waals surface area contributed by atoms with Crippen LogP contribution in [0.2, 0.25) is 0 Å². The first-order valence-electron chi connectivity index (χ1n) is 8.39. The Morgan fingerprint density at radius 2 is 1.87 bits per heavy atom. The summed E-state index contributed by atoms with van der Waals surface area (Å²) in [4.78, 5) is 12.2. The van der Waals surface area contributed by atoms with E-state index in [1.165, 1.54) is 0 Å². The lowest BCUT2D eigenvalue weighted by Crippen LogP contribution is -2.53. The van der Waals surface area contributed by atoms with Gasteiger partial charge in [0.05, 0.1) is 31.8 Å². The zero-order valence-electron chi connectivity index (χ0n) is 14.3. The summed E-state index contributed by atoms with van der Waals surface area (Å²) in [5.74, 6) is 1.62. The first-order chi connectivity index (χ1) is 11.1. The molecule has 0 unspecified atom stereocenters. The van der Waals surface area contributed by atoms with E-state index in [4.69, 9.17) is 14.2 Å². The molecule has 1 aromatic rings. The summed E-state index contributed by atoms with van der Waals surface area (Å²) < 4.78 is 16.4. The van der Waals surface area contributed by atoms with Crippen LogP contribution in [0.5, 0.6) is 11.5 Å². The molecule has 1 aliphatic heterocycles. The van der Waals surface area contributed by atoms with Gasteiger partial charge in [0.15, 0.2) is 11.5 Å². The molecule has 0 aliphatic carbocycles. The van der Waals surface area contributed by atoms with Crippen LogP contribution in [0, 0.1) is 5.41 Å². The van der Waals surface area contributed by atoms with Gasteiger partial charge in [-0.15, -0.1) is 0 Å². The normalized spacial score (nSPS) is 15.6. The second kappa shape index (κ2) is 8.20. The van der Waals surface area contributed by atoms with E-state index in [-0.39, 0.29) is 11.3 Å². The molecule has 1 saturated heterocycles. The first-order valence-corrected chi connectivity index (χ1v) is 8.39. The molecule has 0 spiro atoms. The topological polar surface area (TPSA) is 56.8 Å². The van der Waals surface area contributed by atoms with Crippen LogP contribution in [0.15, 0.2) is 18.2 Å². The number of nitrogens with one attached hydrogen (secondary N) is 1. The predicted octanol–water partition coefficient (Wildman–Crippen LogP) is 2.57. The summed E-state index contributed by atoms with van der Waals surface area (Å²) >= 11 is 0. The van der Waals surface area contributed by atoms with Gasteiger partial charge in [-0.1, -0.05) is 13.0 Å². The molecule has 0 saturated carbocycles. The second-order valence-electron chi connectivity index (χ2n) is 5.78. The SMILES string of the molecule is CCOc1ccc(CCNC(=O)C2(CC)COC2)cc1OCC. The fourth-order valence-corrected chi connectivity index (χ4v) is 2.60. The van der Waals surface area contributed by atoms with Gasteiger partial charge in [-0.05, 0) is 44.4 Å². The monoisotopic (exact) mass is 321 g/mol. The molecule has 5 heteroatoms. The molecule has 128 valence electrons. The van der Waals surface area contributed by atoms with Gasteiger partial charge in [0.2, 0.25) is 5.91 Å². The van der Waals surface area contributed by atoms with Crippen molar-refractivity contribution in [2.45, 2.75) is 33.6 Å². The third kappa shape index (κ3) is 4.16. The molecular formula is C18H27NO4. The van der Waals surface area contributed by atoms with Gasteiger partial charge in [0.1, 0.15) is 0 Å². The number of rotatable bonds is 9. The van der Waals surface area contributed by atoms with Crippen molar-refractivity contribution < 1.29 is 19.0 Å². The van der Waals surface area contributed by atoms with E-state index in [2.05, 4.69) is 5.32 Å². The van der Waals surface area contributed by atoms with Gasteiger partial charge in [-0.25, -0.2) is 0 Å². The Morgan fingerprint density at radius 3 is 2.43 bits per heavy atom. The van der Waals surface area contributed by atoms with Gasteiger partial charge in [-0.3, -0.25) is 4.79 Å². The molecule has 1 aliphatic rings. The van der Waals surface area contributed by atoms with Crippen LogP contribution in [0.25, 0.3) is 0 Å². The average Bonchev–Trinajstić information content (AvgIpc) is 2.50. The lowest BCUT2D eigenvalue weighted by atomic mass is 9.82. The summed E-state index contributed by atoms with van der Waals surface area (Å²) in [6.45, 7) is 8.82. The molecule has 1 N–H and O–H groups in total. The van der Waals surface area contributed by atoms with Crippen molar-refractivity contribution in [1.82, 2.24) is 5.32 Å². The zero-order valence-corrected chi connectivity index (χ0v) is 14.3. The van der Waals surface area contributed by atoms with E-state index in [1.54, 1.807) is 0 Å². The van der Waals surface area contributed by atoms with Gasteiger partial charge in [-0.2, -0.15) is 0 Å². The maximum absolute atomic E-state index is 12.2. The molecule has 0 atom stereocenters. The minimum atomic E-state index is -0.310. The number of carbonyl (C=O) groups is 1. The first kappa shape index (κ1) is 17.6. The molecule has 5 nitrogen and oxygen atoms in total. The molecule has 2 rings (SSSR count). The molecule has 1 heterocycles. The van der Waals surface area contributed by atoms with E-state index < -0.39 is 0 Å². The highest BCUT2D eigenvalue weighted by Gasteiger charge is 2.43. The lowest BCUT2D eigenvalue weighted by Gasteiger charge is -2.39. The van der Waals surface area contributed by atoms with Crippen molar-refractivity contribution in [2.24, 2.45) is 5.41 Å². The van der Waals surface area contributed by atoms with Gasteiger partial charge in [0.25, 0.3) is 0 Å². The number of hydrogen-bond donors (Lipinski definition) is 1. The van der Waals surface area contributed by atoms with Crippen LogP contribution in [-0.2, 0) is 16.0 Å². The largest absolute Gasteiger partial charge is 0.490 e. The summed E-state index contributed by atoms with van der Waals surface area (Å²) in [6.07, 6.45) is 1.58. The number of amides is 1. The Bertz CT molecular complexity index is 520. The van der Waals surface area contributed by atoms with Crippen LogP contribution < -0.4 is 14.8 Å². The van der Waals surface area contributed by atoms with E-state index in [9.17, 15) is 4.79 Å². The van der Waals surface area contributed by atoms with Crippen molar-refractivity contribution in [2.75, 3.05) is 33.0 Å². The third-order valence-electron chi connectivity index (χ3n) is 4.22. The highest BCUT2D eigenvalue weighted by Crippen LogP contribution is 2.31. The van der Waals surface area contributed by atoms with E-state index in [0.29, 0.717) is 33.0 Å². The lowest BCUT2D eigenvalue weighted by molar-refractivity contribution is -0.162. The summed E-state index contributed by atoms with van der Waals surface area (Å²) in [5, 5.41) is 3.03. The molecule has 0 aromatic heterocycles. The van der Waals surface area contributed by atoms with Crippen LogP contribution in [0.3, 0.4) is 0 Å². The Labute approximate surface area is 138 Å². The Hall–Kier alpha value is -1.75. The second-order valence-corrected chi connectivity index (χ2v) is 5.78. The highest BCUT2D eigenvalue weighted by atomic mass is 16.5. The smallest absolute Gasteiger partial charge is 0.230 e. The van der Waals surface area contributed by atoms with Crippen LogP contribution >= 0.6 is 0 Å².